The molecule has 0 fully saturated rings. The summed E-state index contributed by atoms with van der Waals surface area (Å²) >= 11 is 0. The van der Waals surface area contributed by atoms with Crippen LogP contribution in [0.2, 0.25) is 0 Å². The molecule has 1 N–H and O–H groups in total. The van der Waals surface area contributed by atoms with E-state index in [1.807, 2.05) is 13.8 Å². The van der Waals surface area contributed by atoms with E-state index < -0.39 is 15.6 Å². The van der Waals surface area contributed by atoms with Gasteiger partial charge in [0.25, 0.3) is 10.0 Å². The molecule has 164 valence electrons. The van der Waals surface area contributed by atoms with E-state index in [9.17, 15) is 13.2 Å². The van der Waals surface area contributed by atoms with Gasteiger partial charge in [0.2, 0.25) is 5.91 Å². The van der Waals surface area contributed by atoms with Crippen molar-refractivity contribution in [2.24, 2.45) is 5.41 Å². The van der Waals surface area contributed by atoms with Crippen LogP contribution in [0.5, 0.6) is 5.75 Å². The maximum Gasteiger partial charge on any atom is 0.264 e. The maximum absolute atomic E-state index is 13.4. The highest BCUT2D eigenvalue weighted by Gasteiger charge is 2.31. The van der Waals surface area contributed by atoms with Gasteiger partial charge in [-0.1, -0.05) is 45.0 Å². The number of hydrogen-bond donors (Lipinski definition) is 1. The molecule has 0 aliphatic heterocycles. The van der Waals surface area contributed by atoms with Gasteiger partial charge in [0.1, 0.15) is 12.3 Å². The molecule has 30 heavy (non-hydrogen) atoms. The number of hydrogen-bond acceptors (Lipinski definition) is 4. The molecule has 2 aromatic rings. The normalized spacial score (nSPS) is 12.3. The summed E-state index contributed by atoms with van der Waals surface area (Å²) in [5, 5.41) is 2.99. The molecular formula is C23H32N2O4S. The van der Waals surface area contributed by atoms with Crippen LogP contribution in [0.25, 0.3) is 0 Å². The van der Waals surface area contributed by atoms with Crippen LogP contribution >= 0.6 is 0 Å². The van der Waals surface area contributed by atoms with Crippen LogP contribution in [-0.4, -0.2) is 33.5 Å². The third-order valence-electron chi connectivity index (χ3n) is 4.41. The van der Waals surface area contributed by atoms with Crippen molar-refractivity contribution in [2.45, 2.75) is 51.5 Å². The molecule has 0 atom stereocenters. The van der Waals surface area contributed by atoms with E-state index in [1.54, 1.807) is 42.5 Å². The van der Waals surface area contributed by atoms with Gasteiger partial charge in [-0.25, -0.2) is 8.42 Å². The van der Waals surface area contributed by atoms with Crippen molar-refractivity contribution >= 4 is 21.6 Å². The first-order valence-electron chi connectivity index (χ1n) is 9.87. The minimum Gasteiger partial charge on any atom is -0.497 e. The van der Waals surface area contributed by atoms with Crippen molar-refractivity contribution < 1.29 is 17.9 Å². The zero-order chi connectivity index (χ0) is 22.6. The minimum absolute atomic E-state index is 0.0133. The number of benzene rings is 2. The summed E-state index contributed by atoms with van der Waals surface area (Å²) in [6, 6.07) is 14.8. The topological polar surface area (TPSA) is 75.7 Å². The minimum atomic E-state index is -3.95. The Morgan fingerprint density at radius 3 is 2.20 bits per heavy atom. The second-order valence-corrected chi connectivity index (χ2v) is 11.1. The van der Waals surface area contributed by atoms with E-state index >= 15 is 0 Å². The van der Waals surface area contributed by atoms with Gasteiger partial charge in [0, 0.05) is 11.6 Å². The quantitative estimate of drug-likeness (QED) is 0.678. The second kappa shape index (κ2) is 9.08. The van der Waals surface area contributed by atoms with Crippen molar-refractivity contribution in [3.63, 3.8) is 0 Å². The lowest BCUT2D eigenvalue weighted by Crippen LogP contribution is -2.50. The molecule has 2 aromatic carbocycles. The molecule has 0 bridgehead atoms. The predicted octanol–water partition coefficient (Wildman–Crippen LogP) is 4.22. The van der Waals surface area contributed by atoms with E-state index in [0.717, 1.165) is 10.7 Å². The summed E-state index contributed by atoms with van der Waals surface area (Å²) in [6.45, 7) is 9.85. The molecular weight excluding hydrogens is 400 g/mol. The van der Waals surface area contributed by atoms with Gasteiger partial charge < -0.3 is 10.1 Å². The number of nitrogens with one attached hydrogen (secondary N) is 1. The molecule has 0 saturated carbocycles. The number of nitrogens with zero attached hydrogens (tertiary/aromatic N) is 1. The summed E-state index contributed by atoms with van der Waals surface area (Å²) in [7, 11) is -2.44. The monoisotopic (exact) mass is 432 g/mol. The number of carbonyl (C=O) groups excluding carboxylic acids is 1. The number of methoxy groups -OCH3 is 1. The molecule has 2 rings (SSSR count). The van der Waals surface area contributed by atoms with Crippen molar-refractivity contribution in [2.75, 3.05) is 18.0 Å². The van der Waals surface area contributed by atoms with E-state index in [2.05, 4.69) is 26.1 Å². The van der Waals surface area contributed by atoms with Crippen LogP contribution in [-0.2, 0) is 14.8 Å². The van der Waals surface area contributed by atoms with Gasteiger partial charge in [-0.3, -0.25) is 9.10 Å². The molecule has 0 radical (unpaired) electrons. The third-order valence-corrected chi connectivity index (χ3v) is 6.20. The van der Waals surface area contributed by atoms with E-state index in [4.69, 9.17) is 4.74 Å². The second-order valence-electron chi connectivity index (χ2n) is 9.20. The van der Waals surface area contributed by atoms with Gasteiger partial charge in [0.05, 0.1) is 17.7 Å². The first kappa shape index (κ1) is 23.7. The Labute approximate surface area is 180 Å². The van der Waals surface area contributed by atoms with Crippen LogP contribution in [0.3, 0.4) is 0 Å². The summed E-state index contributed by atoms with van der Waals surface area (Å²) in [4.78, 5) is 13.0. The van der Waals surface area contributed by atoms with Gasteiger partial charge in [0.15, 0.2) is 0 Å². The predicted molar refractivity (Wildman–Crippen MR) is 120 cm³/mol. The lowest BCUT2D eigenvalue weighted by atomic mass is 9.82. The highest BCUT2D eigenvalue weighted by molar-refractivity contribution is 7.92. The van der Waals surface area contributed by atoms with Crippen LogP contribution in [0, 0.1) is 5.41 Å². The summed E-state index contributed by atoms with van der Waals surface area (Å²) in [5.41, 5.74) is -0.104. The van der Waals surface area contributed by atoms with Crippen LogP contribution < -0.4 is 14.4 Å². The number of ether oxygens (including phenoxy) is 1. The first-order valence-corrected chi connectivity index (χ1v) is 11.3. The van der Waals surface area contributed by atoms with Gasteiger partial charge in [-0.15, -0.1) is 0 Å². The summed E-state index contributed by atoms with van der Waals surface area (Å²) in [6.07, 6.45) is 0.746. The van der Waals surface area contributed by atoms with Crippen molar-refractivity contribution in [1.82, 2.24) is 5.32 Å². The largest absolute Gasteiger partial charge is 0.497 e. The summed E-state index contributed by atoms with van der Waals surface area (Å²) in [5.74, 6) is 0.140. The lowest BCUT2D eigenvalue weighted by Gasteiger charge is -2.34. The van der Waals surface area contributed by atoms with Gasteiger partial charge in [-0.05, 0) is 49.9 Å². The molecule has 7 heteroatoms. The Morgan fingerprint density at radius 1 is 1.00 bits per heavy atom. The highest BCUT2D eigenvalue weighted by Crippen LogP contribution is 2.28. The Bertz CT molecular complexity index is 964. The SMILES string of the molecule is COc1cccc(N(CC(=O)NC(C)(C)CC(C)(C)C)S(=O)(=O)c2ccccc2)c1. The van der Waals surface area contributed by atoms with E-state index in [1.165, 1.54) is 19.2 Å². The Hall–Kier alpha value is -2.54. The number of carbonyl (C=O) groups is 1. The molecule has 1 amide bonds. The average Bonchev–Trinajstić information content (AvgIpc) is 2.64. The average molecular weight is 433 g/mol. The molecule has 0 saturated heterocycles. The fourth-order valence-corrected chi connectivity index (χ4v) is 5.15. The molecule has 0 aliphatic rings. The molecule has 0 aliphatic carbocycles. The molecule has 0 heterocycles. The highest BCUT2D eigenvalue weighted by atomic mass is 32.2. The smallest absolute Gasteiger partial charge is 0.264 e. The van der Waals surface area contributed by atoms with Crippen LogP contribution in [0.4, 0.5) is 5.69 Å². The standard InChI is InChI=1S/C23H32N2O4S/c1-22(2,3)17-23(4,5)24-21(26)16-25(18-11-10-12-19(15-18)29-6)30(27,28)20-13-8-7-9-14-20/h7-15H,16-17H2,1-6H3,(H,24,26). The maximum atomic E-state index is 13.4. The number of amides is 1. The zero-order valence-electron chi connectivity index (χ0n) is 18.6. The molecule has 6 nitrogen and oxygen atoms in total. The van der Waals surface area contributed by atoms with E-state index in [-0.39, 0.29) is 22.8 Å². The summed E-state index contributed by atoms with van der Waals surface area (Å²) < 4.78 is 33.1. The van der Waals surface area contributed by atoms with Gasteiger partial charge >= 0.3 is 0 Å². The van der Waals surface area contributed by atoms with E-state index in [0.29, 0.717) is 11.4 Å². The van der Waals surface area contributed by atoms with Crippen molar-refractivity contribution in [3.8, 4) is 5.75 Å². The Kier molecular flexibility index (Phi) is 7.18. The van der Waals surface area contributed by atoms with Gasteiger partial charge in [-0.2, -0.15) is 0 Å². The lowest BCUT2D eigenvalue weighted by molar-refractivity contribution is -0.121. The molecule has 0 spiro atoms. The fraction of sp³-hybridized carbons (Fsp3) is 0.435. The van der Waals surface area contributed by atoms with Crippen molar-refractivity contribution in [1.29, 1.82) is 0 Å². The first-order chi connectivity index (χ1) is 13.8. The number of sulfonamides is 1. The molecule has 0 unspecified atom stereocenters. The van der Waals surface area contributed by atoms with Crippen LogP contribution in [0.15, 0.2) is 59.5 Å². The fourth-order valence-electron chi connectivity index (χ4n) is 3.72. The number of anilines is 1. The molecule has 0 aromatic heterocycles. The zero-order valence-corrected chi connectivity index (χ0v) is 19.4. The third kappa shape index (κ3) is 6.49. The Morgan fingerprint density at radius 2 is 1.63 bits per heavy atom. The Balaban J connectivity index is 2.38. The van der Waals surface area contributed by atoms with Crippen molar-refractivity contribution in [3.05, 3.63) is 54.6 Å². The van der Waals surface area contributed by atoms with Crippen LogP contribution in [0.1, 0.15) is 41.0 Å². The number of rotatable bonds is 8.